The number of carboxylic acid groups (broad SMARTS) is 1. The number of aromatic carboxylic acids is 1. The Labute approximate surface area is 134 Å². The van der Waals surface area contributed by atoms with Gasteiger partial charge in [-0.1, -0.05) is 17.3 Å². The van der Waals surface area contributed by atoms with E-state index in [9.17, 15) is 9.59 Å². The summed E-state index contributed by atoms with van der Waals surface area (Å²) >= 11 is 0. The number of nitrogens with zero attached hydrogens (tertiary/aromatic N) is 1. The average molecular weight is 316 g/mol. The number of amides is 1. The van der Waals surface area contributed by atoms with Crippen LogP contribution in [0, 0.1) is 13.8 Å². The number of rotatable bonds is 6. The van der Waals surface area contributed by atoms with Crippen LogP contribution in [-0.4, -0.2) is 22.1 Å². The number of carboxylic acids is 1. The lowest BCUT2D eigenvalue weighted by molar-refractivity contribution is -0.121. The van der Waals surface area contributed by atoms with Crippen molar-refractivity contribution < 1.29 is 19.2 Å². The van der Waals surface area contributed by atoms with Crippen LogP contribution in [0.1, 0.15) is 52.3 Å². The van der Waals surface area contributed by atoms with E-state index < -0.39 is 5.97 Å². The second kappa shape index (κ2) is 7.09. The van der Waals surface area contributed by atoms with Crippen LogP contribution < -0.4 is 5.32 Å². The fraction of sp³-hybridized carbons (Fsp3) is 0.353. The van der Waals surface area contributed by atoms with Crippen LogP contribution in [0.4, 0.5) is 0 Å². The van der Waals surface area contributed by atoms with Crippen molar-refractivity contribution >= 4 is 11.9 Å². The van der Waals surface area contributed by atoms with E-state index in [2.05, 4.69) is 10.5 Å². The first kappa shape index (κ1) is 16.7. The van der Waals surface area contributed by atoms with Gasteiger partial charge in [0.15, 0.2) is 0 Å². The summed E-state index contributed by atoms with van der Waals surface area (Å²) in [5.41, 5.74) is 2.85. The van der Waals surface area contributed by atoms with Gasteiger partial charge in [0.2, 0.25) is 5.91 Å². The Morgan fingerprint density at radius 2 is 1.91 bits per heavy atom. The van der Waals surface area contributed by atoms with Crippen LogP contribution in [0.25, 0.3) is 0 Å². The van der Waals surface area contributed by atoms with Gasteiger partial charge >= 0.3 is 5.97 Å². The molecule has 0 fully saturated rings. The summed E-state index contributed by atoms with van der Waals surface area (Å²) in [5, 5.41) is 15.7. The van der Waals surface area contributed by atoms with E-state index in [1.165, 1.54) is 0 Å². The van der Waals surface area contributed by atoms with Crippen molar-refractivity contribution in [3.8, 4) is 0 Å². The van der Waals surface area contributed by atoms with E-state index in [1.807, 2.05) is 20.8 Å². The Kier molecular flexibility index (Phi) is 5.16. The minimum absolute atomic E-state index is 0.0696. The zero-order valence-corrected chi connectivity index (χ0v) is 13.4. The summed E-state index contributed by atoms with van der Waals surface area (Å²) < 4.78 is 5.11. The second-order valence-electron chi connectivity index (χ2n) is 5.53. The van der Waals surface area contributed by atoms with Gasteiger partial charge in [-0.05, 0) is 44.9 Å². The molecular weight excluding hydrogens is 296 g/mol. The lowest BCUT2D eigenvalue weighted by Gasteiger charge is -2.13. The number of hydrogen-bond donors (Lipinski definition) is 2. The predicted molar refractivity (Wildman–Crippen MR) is 84.3 cm³/mol. The predicted octanol–water partition coefficient (Wildman–Crippen LogP) is 2.80. The first-order valence-electron chi connectivity index (χ1n) is 7.43. The molecule has 0 aliphatic heterocycles. The Hall–Kier alpha value is -2.63. The maximum Gasteiger partial charge on any atom is 0.335 e. The number of hydrogen-bond acceptors (Lipinski definition) is 4. The molecule has 1 atom stereocenters. The normalized spacial score (nSPS) is 12.0. The van der Waals surface area contributed by atoms with Crippen LogP contribution in [-0.2, 0) is 11.2 Å². The third-order valence-electron chi connectivity index (χ3n) is 3.74. The number of carbonyl (C=O) groups is 2. The SMILES string of the molecule is Cc1noc(C)c1[C@@H](C)NC(=O)CCc1ccc(C(=O)O)cc1. The molecule has 2 N–H and O–H groups in total. The molecule has 0 spiro atoms. The summed E-state index contributed by atoms with van der Waals surface area (Å²) in [6.45, 7) is 5.56. The van der Waals surface area contributed by atoms with Crippen molar-refractivity contribution in [2.45, 2.75) is 39.7 Å². The number of nitrogens with one attached hydrogen (secondary N) is 1. The summed E-state index contributed by atoms with van der Waals surface area (Å²) in [4.78, 5) is 22.9. The van der Waals surface area contributed by atoms with Gasteiger partial charge in [0.25, 0.3) is 0 Å². The highest BCUT2D eigenvalue weighted by Gasteiger charge is 2.18. The number of aromatic nitrogens is 1. The van der Waals surface area contributed by atoms with Crippen molar-refractivity contribution in [2.75, 3.05) is 0 Å². The van der Waals surface area contributed by atoms with Gasteiger partial charge in [-0.25, -0.2) is 4.79 Å². The number of aryl methyl sites for hydroxylation is 3. The molecule has 122 valence electrons. The van der Waals surface area contributed by atoms with E-state index >= 15 is 0 Å². The molecule has 0 aliphatic rings. The molecule has 2 aromatic rings. The molecule has 0 saturated carbocycles. The Balaban J connectivity index is 1.89. The molecule has 0 aliphatic carbocycles. The summed E-state index contributed by atoms with van der Waals surface area (Å²) in [5.74, 6) is -0.318. The highest BCUT2D eigenvalue weighted by Crippen LogP contribution is 2.21. The summed E-state index contributed by atoms with van der Waals surface area (Å²) in [7, 11) is 0. The van der Waals surface area contributed by atoms with Gasteiger partial charge in [0.1, 0.15) is 5.76 Å². The lowest BCUT2D eigenvalue weighted by atomic mass is 10.1. The van der Waals surface area contributed by atoms with Gasteiger partial charge in [0, 0.05) is 12.0 Å². The quantitative estimate of drug-likeness (QED) is 0.855. The highest BCUT2D eigenvalue weighted by atomic mass is 16.5. The van der Waals surface area contributed by atoms with Crippen molar-refractivity contribution in [1.29, 1.82) is 0 Å². The minimum atomic E-state index is -0.956. The van der Waals surface area contributed by atoms with Crippen LogP contribution in [0.5, 0.6) is 0 Å². The third-order valence-corrected chi connectivity index (χ3v) is 3.74. The fourth-order valence-electron chi connectivity index (χ4n) is 2.57. The van der Waals surface area contributed by atoms with Gasteiger partial charge in [-0.15, -0.1) is 0 Å². The monoisotopic (exact) mass is 316 g/mol. The van der Waals surface area contributed by atoms with Crippen LogP contribution in [0.15, 0.2) is 28.8 Å². The number of carbonyl (C=O) groups excluding carboxylic acids is 1. The summed E-state index contributed by atoms with van der Waals surface area (Å²) in [6, 6.07) is 6.38. The van der Waals surface area contributed by atoms with Crippen molar-refractivity contribution in [3.05, 3.63) is 52.4 Å². The molecule has 6 nitrogen and oxygen atoms in total. The highest BCUT2D eigenvalue weighted by molar-refractivity contribution is 5.87. The molecule has 6 heteroatoms. The van der Waals surface area contributed by atoms with E-state index in [1.54, 1.807) is 24.3 Å². The Morgan fingerprint density at radius 3 is 2.43 bits per heavy atom. The smallest absolute Gasteiger partial charge is 0.335 e. The Bertz CT molecular complexity index is 684. The Morgan fingerprint density at radius 1 is 1.26 bits per heavy atom. The van der Waals surface area contributed by atoms with E-state index in [0.717, 1.165) is 16.8 Å². The first-order valence-corrected chi connectivity index (χ1v) is 7.43. The second-order valence-corrected chi connectivity index (χ2v) is 5.53. The molecule has 1 aromatic carbocycles. The molecule has 23 heavy (non-hydrogen) atoms. The maximum atomic E-state index is 12.1. The van der Waals surface area contributed by atoms with Gasteiger partial charge in [0.05, 0.1) is 17.3 Å². The fourth-order valence-corrected chi connectivity index (χ4v) is 2.57. The van der Waals surface area contributed by atoms with Gasteiger partial charge in [-0.3, -0.25) is 4.79 Å². The first-order chi connectivity index (χ1) is 10.9. The minimum Gasteiger partial charge on any atom is -0.478 e. The molecule has 0 bridgehead atoms. The molecular formula is C17H20N2O4. The van der Waals surface area contributed by atoms with Crippen LogP contribution in [0.3, 0.4) is 0 Å². The molecule has 0 saturated heterocycles. The van der Waals surface area contributed by atoms with Crippen molar-refractivity contribution in [3.63, 3.8) is 0 Å². The molecule has 0 radical (unpaired) electrons. The molecule has 1 amide bonds. The molecule has 0 unspecified atom stereocenters. The van der Waals surface area contributed by atoms with E-state index in [0.29, 0.717) is 18.6 Å². The van der Waals surface area contributed by atoms with Crippen LogP contribution >= 0.6 is 0 Å². The van der Waals surface area contributed by atoms with Crippen molar-refractivity contribution in [2.24, 2.45) is 0 Å². The molecule has 2 rings (SSSR count). The standard InChI is InChI=1S/C17H20N2O4/c1-10(16-11(2)19-23-12(16)3)18-15(20)9-6-13-4-7-14(8-5-13)17(21)22/h4-5,7-8,10H,6,9H2,1-3H3,(H,18,20)(H,21,22)/t10-/m1/s1. The average Bonchev–Trinajstić information content (AvgIpc) is 2.84. The lowest BCUT2D eigenvalue weighted by Crippen LogP contribution is -2.27. The molecule has 1 aromatic heterocycles. The zero-order valence-electron chi connectivity index (χ0n) is 13.4. The number of benzene rings is 1. The van der Waals surface area contributed by atoms with Crippen molar-refractivity contribution in [1.82, 2.24) is 10.5 Å². The van der Waals surface area contributed by atoms with Crippen LogP contribution in [0.2, 0.25) is 0 Å². The largest absolute Gasteiger partial charge is 0.478 e. The van der Waals surface area contributed by atoms with Gasteiger partial charge in [-0.2, -0.15) is 0 Å². The molecule has 1 heterocycles. The maximum absolute atomic E-state index is 12.1. The third kappa shape index (κ3) is 4.18. The summed E-state index contributed by atoms with van der Waals surface area (Å²) in [6.07, 6.45) is 0.889. The topological polar surface area (TPSA) is 92.4 Å². The zero-order chi connectivity index (χ0) is 17.0. The van der Waals surface area contributed by atoms with E-state index in [-0.39, 0.29) is 17.5 Å². The van der Waals surface area contributed by atoms with E-state index in [4.69, 9.17) is 9.63 Å². The van der Waals surface area contributed by atoms with Gasteiger partial charge < -0.3 is 14.9 Å².